The van der Waals surface area contributed by atoms with E-state index in [-0.39, 0.29) is 6.01 Å². The van der Waals surface area contributed by atoms with E-state index < -0.39 is 12.4 Å². The summed E-state index contributed by atoms with van der Waals surface area (Å²) < 4.78 is 6.76. The molecule has 0 aliphatic carbocycles. The van der Waals surface area contributed by atoms with Crippen molar-refractivity contribution in [3.05, 3.63) is 35.6 Å². The number of halogens is 1. The smallest absolute Gasteiger partial charge is 0.328 e. The lowest BCUT2D eigenvalue weighted by Gasteiger charge is -2.08. The van der Waals surface area contributed by atoms with Gasteiger partial charge in [0, 0.05) is 23.8 Å². The first-order valence-corrected chi connectivity index (χ1v) is 8.02. The third-order valence-corrected chi connectivity index (χ3v) is 3.60. The minimum atomic E-state index is -0.741. The molecule has 3 rings (SSSR count). The Morgan fingerprint density at radius 1 is 1.35 bits per heavy atom. The Balaban J connectivity index is 2.08. The largest absolute Gasteiger partial charge is 0.390 e. The Morgan fingerprint density at radius 2 is 2.12 bits per heavy atom. The Kier molecular flexibility index (Phi) is 5.26. The summed E-state index contributed by atoms with van der Waals surface area (Å²) in [6, 6.07) is 8.64. The number of carbonyl (C=O) groups is 1. The summed E-state index contributed by atoms with van der Waals surface area (Å²) in [5.41, 5.74) is 7.22. The molecule has 0 atom stereocenters. The molecule has 1 aromatic carbocycles. The number of nitrogens with two attached hydrogens (primary N) is 1. The second-order valence-corrected chi connectivity index (χ2v) is 5.58. The third-order valence-electron chi connectivity index (χ3n) is 3.35. The maximum Gasteiger partial charge on any atom is 0.328 e. The monoisotopic (exact) mass is 371 g/mol. The van der Waals surface area contributed by atoms with Crippen molar-refractivity contribution in [3.8, 4) is 17.8 Å². The van der Waals surface area contributed by atoms with E-state index in [1.165, 1.54) is 0 Å². The second kappa shape index (κ2) is 7.77. The summed E-state index contributed by atoms with van der Waals surface area (Å²) in [4.78, 5) is 24.4. The minimum absolute atomic E-state index is 0.173. The molecule has 10 heteroatoms. The lowest BCUT2D eigenvalue weighted by atomic mass is 10.3. The topological polar surface area (TPSA) is 132 Å². The number of hydrogen-bond donors (Lipinski definition) is 2. The first-order valence-electron chi connectivity index (χ1n) is 7.65. The molecule has 132 valence electrons. The first-order chi connectivity index (χ1) is 12.6. The molecule has 0 spiro atoms. The second-order valence-electron chi connectivity index (χ2n) is 5.14. The zero-order chi connectivity index (χ0) is 18.5. The number of hydrogen-bond acceptors (Lipinski definition) is 8. The summed E-state index contributed by atoms with van der Waals surface area (Å²) in [7, 11) is 0. The molecule has 0 saturated heterocycles. The standard InChI is InChI=1S/C16H14ClN7O2/c17-10-1-3-11(4-2-10)24-9-21-13-14(20-8-7-19)22-16(23-15(13)24)26-12(25)5-6-18/h1-4,9H,5,7-8,19H2,(H,20,22,23). The van der Waals surface area contributed by atoms with Crippen molar-refractivity contribution in [3.63, 3.8) is 0 Å². The number of nitriles is 1. The molecule has 2 aromatic heterocycles. The number of imidazole rings is 1. The number of ether oxygens (including phenoxy) is 1. The summed E-state index contributed by atoms with van der Waals surface area (Å²) >= 11 is 5.93. The number of nitrogens with zero attached hydrogens (tertiary/aromatic N) is 5. The third kappa shape index (κ3) is 3.72. The quantitative estimate of drug-likeness (QED) is 0.625. The lowest BCUT2D eigenvalue weighted by Crippen LogP contribution is -2.16. The fourth-order valence-corrected chi connectivity index (χ4v) is 2.36. The Bertz CT molecular complexity index is 979. The van der Waals surface area contributed by atoms with Gasteiger partial charge < -0.3 is 15.8 Å². The number of aromatic nitrogens is 4. The Hall–Kier alpha value is -3.22. The highest BCUT2D eigenvalue weighted by molar-refractivity contribution is 6.30. The normalized spacial score (nSPS) is 10.5. The van der Waals surface area contributed by atoms with E-state index in [9.17, 15) is 4.79 Å². The highest BCUT2D eigenvalue weighted by Gasteiger charge is 2.16. The number of anilines is 1. The zero-order valence-corrected chi connectivity index (χ0v) is 14.3. The maximum atomic E-state index is 11.6. The van der Waals surface area contributed by atoms with Crippen LogP contribution in [0.2, 0.25) is 5.02 Å². The van der Waals surface area contributed by atoms with Gasteiger partial charge in [-0.1, -0.05) is 11.6 Å². The molecule has 3 N–H and O–H groups in total. The van der Waals surface area contributed by atoms with Gasteiger partial charge in [-0.2, -0.15) is 15.2 Å². The van der Waals surface area contributed by atoms with Crippen LogP contribution in [0.1, 0.15) is 6.42 Å². The number of rotatable bonds is 6. The van der Waals surface area contributed by atoms with Crippen LogP contribution >= 0.6 is 11.6 Å². The molecule has 0 amide bonds. The predicted octanol–water partition coefficient (Wildman–Crippen LogP) is 1.66. The highest BCUT2D eigenvalue weighted by atomic mass is 35.5. The van der Waals surface area contributed by atoms with Crippen LogP contribution < -0.4 is 15.8 Å². The van der Waals surface area contributed by atoms with Gasteiger partial charge in [-0.25, -0.2) is 4.98 Å². The van der Waals surface area contributed by atoms with Crippen LogP contribution in [0.3, 0.4) is 0 Å². The number of benzene rings is 1. The average Bonchev–Trinajstić information content (AvgIpc) is 3.04. The van der Waals surface area contributed by atoms with E-state index in [1.807, 2.05) is 0 Å². The molecule has 0 unspecified atom stereocenters. The van der Waals surface area contributed by atoms with Gasteiger partial charge in [0.2, 0.25) is 0 Å². The molecule has 26 heavy (non-hydrogen) atoms. The molecule has 9 nitrogen and oxygen atoms in total. The molecule has 0 bridgehead atoms. The van der Waals surface area contributed by atoms with Crippen LogP contribution in [0.25, 0.3) is 16.9 Å². The zero-order valence-electron chi connectivity index (χ0n) is 13.5. The molecule has 0 saturated carbocycles. The molecule has 2 heterocycles. The van der Waals surface area contributed by atoms with Crippen molar-refractivity contribution < 1.29 is 9.53 Å². The molecular weight excluding hydrogens is 358 g/mol. The predicted molar refractivity (Wildman–Crippen MR) is 95.1 cm³/mol. The van der Waals surface area contributed by atoms with Crippen molar-refractivity contribution in [1.82, 2.24) is 19.5 Å². The molecule has 3 aromatic rings. The van der Waals surface area contributed by atoms with Gasteiger partial charge in [0.05, 0.1) is 6.07 Å². The van der Waals surface area contributed by atoms with Gasteiger partial charge >= 0.3 is 12.0 Å². The van der Waals surface area contributed by atoms with E-state index in [0.717, 1.165) is 5.69 Å². The summed E-state index contributed by atoms with van der Waals surface area (Å²) in [5.74, 6) is -0.359. The van der Waals surface area contributed by atoms with Crippen LogP contribution in [0.15, 0.2) is 30.6 Å². The number of fused-ring (bicyclic) bond motifs is 1. The van der Waals surface area contributed by atoms with Gasteiger partial charge in [-0.05, 0) is 24.3 Å². The van der Waals surface area contributed by atoms with Crippen LogP contribution in [-0.2, 0) is 4.79 Å². The minimum Gasteiger partial charge on any atom is -0.390 e. The maximum absolute atomic E-state index is 11.6. The van der Waals surface area contributed by atoms with E-state index in [4.69, 9.17) is 27.3 Å². The van der Waals surface area contributed by atoms with Crippen LogP contribution in [0, 0.1) is 11.3 Å². The van der Waals surface area contributed by atoms with Crippen molar-refractivity contribution in [1.29, 1.82) is 5.26 Å². The molecular formula is C16H14ClN7O2. The van der Waals surface area contributed by atoms with Crippen LogP contribution in [0.4, 0.5) is 5.82 Å². The van der Waals surface area contributed by atoms with Crippen LogP contribution in [0.5, 0.6) is 6.01 Å². The van der Waals surface area contributed by atoms with Crippen molar-refractivity contribution in [2.75, 3.05) is 18.4 Å². The van der Waals surface area contributed by atoms with E-state index >= 15 is 0 Å². The lowest BCUT2D eigenvalue weighted by molar-refractivity contribution is -0.133. The van der Waals surface area contributed by atoms with E-state index in [0.29, 0.717) is 35.1 Å². The van der Waals surface area contributed by atoms with Gasteiger partial charge in [-0.15, -0.1) is 0 Å². The van der Waals surface area contributed by atoms with Gasteiger partial charge in [-0.3, -0.25) is 9.36 Å². The van der Waals surface area contributed by atoms with Gasteiger partial charge in [0.1, 0.15) is 12.7 Å². The number of nitrogens with one attached hydrogen (secondary N) is 1. The molecule has 0 aliphatic rings. The summed E-state index contributed by atoms with van der Waals surface area (Å²) in [6.45, 7) is 0.832. The fourth-order valence-electron chi connectivity index (χ4n) is 2.23. The average molecular weight is 372 g/mol. The SMILES string of the molecule is N#CCC(=O)Oc1nc(NCCN)c2ncn(-c3ccc(Cl)cc3)c2n1. The summed E-state index contributed by atoms with van der Waals surface area (Å²) in [6.07, 6.45) is 1.18. The molecule has 0 radical (unpaired) electrons. The Labute approximate surface area is 153 Å². The fraction of sp³-hybridized carbons (Fsp3) is 0.188. The highest BCUT2D eigenvalue weighted by Crippen LogP contribution is 2.25. The Morgan fingerprint density at radius 3 is 2.81 bits per heavy atom. The van der Waals surface area contributed by atoms with Crippen molar-refractivity contribution in [2.45, 2.75) is 6.42 Å². The molecule has 0 aliphatic heterocycles. The molecule has 0 fully saturated rings. The van der Waals surface area contributed by atoms with Crippen molar-refractivity contribution in [2.24, 2.45) is 5.73 Å². The summed E-state index contributed by atoms with van der Waals surface area (Å²) in [5, 5.41) is 12.2. The van der Waals surface area contributed by atoms with E-state index in [2.05, 4.69) is 20.3 Å². The van der Waals surface area contributed by atoms with Crippen LogP contribution in [-0.4, -0.2) is 38.6 Å². The number of carbonyl (C=O) groups excluding carboxylic acids is 1. The first kappa shape index (κ1) is 17.6. The number of esters is 1. The van der Waals surface area contributed by atoms with E-state index in [1.54, 1.807) is 41.2 Å². The van der Waals surface area contributed by atoms with Crippen molar-refractivity contribution >= 4 is 34.6 Å². The van der Waals surface area contributed by atoms with Gasteiger partial charge in [0.25, 0.3) is 0 Å². The van der Waals surface area contributed by atoms with Gasteiger partial charge in [0.15, 0.2) is 17.0 Å².